The van der Waals surface area contributed by atoms with E-state index in [2.05, 4.69) is 0 Å². The molecule has 0 amide bonds. The van der Waals surface area contributed by atoms with Crippen molar-refractivity contribution < 1.29 is 19.4 Å². The number of ether oxygens (including phenoxy) is 2. The second-order valence-corrected chi connectivity index (χ2v) is 4.62. The van der Waals surface area contributed by atoms with Crippen LogP contribution < -0.4 is 0 Å². The van der Waals surface area contributed by atoms with Crippen LogP contribution in [-0.4, -0.2) is 30.9 Å². The predicted molar refractivity (Wildman–Crippen MR) is 71.7 cm³/mol. The van der Waals surface area contributed by atoms with Crippen molar-refractivity contribution in [2.24, 2.45) is 5.92 Å². The molecule has 1 aromatic carbocycles. The van der Waals surface area contributed by atoms with Crippen molar-refractivity contribution in [3.8, 4) is 0 Å². The topological polar surface area (TPSA) is 55.8 Å². The van der Waals surface area contributed by atoms with Crippen LogP contribution in [0.2, 0.25) is 0 Å². The maximum atomic E-state index is 10.5. The number of hydrogen-bond acceptors (Lipinski definition) is 3. The molecule has 0 spiro atoms. The third kappa shape index (κ3) is 4.50. The smallest absolute Gasteiger partial charge is 0.328 e. The van der Waals surface area contributed by atoms with Crippen LogP contribution in [0.3, 0.4) is 0 Å². The first-order valence-corrected chi connectivity index (χ1v) is 6.40. The van der Waals surface area contributed by atoms with Gasteiger partial charge in [-0.05, 0) is 23.6 Å². The van der Waals surface area contributed by atoms with E-state index in [4.69, 9.17) is 14.6 Å². The molecule has 0 radical (unpaired) electrons. The Hall–Kier alpha value is -1.65. The summed E-state index contributed by atoms with van der Waals surface area (Å²) in [6.45, 7) is 2.79. The molecule has 19 heavy (non-hydrogen) atoms. The summed E-state index contributed by atoms with van der Waals surface area (Å²) in [6, 6.07) is 7.65. The summed E-state index contributed by atoms with van der Waals surface area (Å²) < 4.78 is 11.0. The van der Waals surface area contributed by atoms with Crippen LogP contribution >= 0.6 is 0 Å². The van der Waals surface area contributed by atoms with Crippen molar-refractivity contribution in [1.82, 2.24) is 0 Å². The first-order chi connectivity index (χ1) is 9.25. The Morgan fingerprint density at radius 1 is 1.47 bits per heavy atom. The van der Waals surface area contributed by atoms with Gasteiger partial charge in [-0.1, -0.05) is 24.3 Å². The SMILES string of the molecule is O=C(O)C=Cc1ccccc1COCC1CCOC1. The standard InChI is InChI=1S/C15H18O4/c16-15(17)6-5-13-3-1-2-4-14(13)11-19-10-12-7-8-18-9-12/h1-6,12H,7-11H2,(H,16,17). The number of hydrogen-bond donors (Lipinski definition) is 1. The molecule has 1 aliphatic rings. The lowest BCUT2D eigenvalue weighted by atomic mass is 10.1. The highest BCUT2D eigenvalue weighted by molar-refractivity contribution is 5.85. The molecule has 0 aliphatic carbocycles. The summed E-state index contributed by atoms with van der Waals surface area (Å²) in [7, 11) is 0. The third-order valence-corrected chi connectivity index (χ3v) is 3.10. The van der Waals surface area contributed by atoms with Gasteiger partial charge in [-0.2, -0.15) is 0 Å². The van der Waals surface area contributed by atoms with E-state index in [1.165, 1.54) is 0 Å². The van der Waals surface area contributed by atoms with Gasteiger partial charge >= 0.3 is 5.97 Å². The van der Waals surface area contributed by atoms with Crippen molar-refractivity contribution in [2.45, 2.75) is 13.0 Å². The maximum absolute atomic E-state index is 10.5. The molecule has 0 saturated carbocycles. The van der Waals surface area contributed by atoms with Gasteiger partial charge in [-0.15, -0.1) is 0 Å². The van der Waals surface area contributed by atoms with Gasteiger partial charge < -0.3 is 14.6 Å². The summed E-state index contributed by atoms with van der Waals surface area (Å²) >= 11 is 0. The molecule has 4 heteroatoms. The number of carboxylic acids is 1. The molecule has 1 saturated heterocycles. The highest BCUT2D eigenvalue weighted by Gasteiger charge is 2.15. The first kappa shape index (κ1) is 13.8. The van der Waals surface area contributed by atoms with E-state index in [-0.39, 0.29) is 0 Å². The van der Waals surface area contributed by atoms with E-state index in [1.54, 1.807) is 6.08 Å². The number of aliphatic carboxylic acids is 1. The Labute approximate surface area is 112 Å². The van der Waals surface area contributed by atoms with E-state index in [0.29, 0.717) is 19.1 Å². The van der Waals surface area contributed by atoms with Gasteiger partial charge in [0.25, 0.3) is 0 Å². The van der Waals surface area contributed by atoms with Crippen molar-refractivity contribution in [2.75, 3.05) is 19.8 Å². The number of carboxylic acid groups (broad SMARTS) is 1. The third-order valence-electron chi connectivity index (χ3n) is 3.10. The Morgan fingerprint density at radius 3 is 3.05 bits per heavy atom. The zero-order chi connectivity index (χ0) is 13.5. The van der Waals surface area contributed by atoms with Gasteiger partial charge in [-0.25, -0.2) is 4.79 Å². The van der Waals surface area contributed by atoms with Crippen LogP contribution in [0, 0.1) is 5.92 Å². The Bertz CT molecular complexity index is 447. The molecule has 4 nitrogen and oxygen atoms in total. The highest BCUT2D eigenvalue weighted by Crippen LogP contribution is 2.15. The van der Waals surface area contributed by atoms with Gasteiger partial charge in [0.05, 0.1) is 19.8 Å². The van der Waals surface area contributed by atoms with Crippen molar-refractivity contribution in [3.63, 3.8) is 0 Å². The van der Waals surface area contributed by atoms with Crippen molar-refractivity contribution in [1.29, 1.82) is 0 Å². The molecule has 1 N–H and O–H groups in total. The van der Waals surface area contributed by atoms with E-state index in [0.717, 1.165) is 36.8 Å². The minimum absolute atomic E-state index is 0.488. The van der Waals surface area contributed by atoms with Crippen LogP contribution in [0.25, 0.3) is 6.08 Å². The van der Waals surface area contributed by atoms with Gasteiger partial charge in [0, 0.05) is 18.6 Å². The monoisotopic (exact) mass is 262 g/mol. The van der Waals surface area contributed by atoms with E-state index in [1.807, 2.05) is 24.3 Å². The predicted octanol–water partition coefficient (Wildman–Crippen LogP) is 2.34. The number of benzene rings is 1. The van der Waals surface area contributed by atoms with E-state index >= 15 is 0 Å². The Morgan fingerprint density at radius 2 is 2.32 bits per heavy atom. The van der Waals surface area contributed by atoms with E-state index in [9.17, 15) is 4.79 Å². The summed E-state index contributed by atoms with van der Waals surface area (Å²) in [5.41, 5.74) is 1.88. The molecule has 1 heterocycles. The molecule has 0 bridgehead atoms. The lowest BCUT2D eigenvalue weighted by Crippen LogP contribution is -2.09. The summed E-state index contributed by atoms with van der Waals surface area (Å²) in [4.78, 5) is 10.5. The molecule has 1 atom stereocenters. The molecule has 1 unspecified atom stereocenters. The average molecular weight is 262 g/mol. The number of rotatable bonds is 6. The lowest BCUT2D eigenvalue weighted by Gasteiger charge is -2.10. The van der Waals surface area contributed by atoms with Gasteiger partial charge in [0.15, 0.2) is 0 Å². The number of carbonyl (C=O) groups is 1. The van der Waals surface area contributed by atoms with Gasteiger partial charge in [-0.3, -0.25) is 0 Å². The molecule has 0 aromatic heterocycles. The second-order valence-electron chi connectivity index (χ2n) is 4.62. The molecular formula is C15H18O4. The first-order valence-electron chi connectivity index (χ1n) is 6.40. The molecule has 1 aliphatic heterocycles. The van der Waals surface area contributed by atoms with Crippen LogP contribution in [-0.2, 0) is 20.9 Å². The molecule has 1 aromatic rings. The van der Waals surface area contributed by atoms with Gasteiger partial charge in [0.2, 0.25) is 0 Å². The van der Waals surface area contributed by atoms with Crippen LogP contribution in [0.4, 0.5) is 0 Å². The maximum Gasteiger partial charge on any atom is 0.328 e. The fraction of sp³-hybridized carbons (Fsp3) is 0.400. The second kappa shape index (κ2) is 7.07. The fourth-order valence-electron chi connectivity index (χ4n) is 2.04. The Kier molecular flexibility index (Phi) is 5.12. The fourth-order valence-corrected chi connectivity index (χ4v) is 2.04. The van der Waals surface area contributed by atoms with Crippen LogP contribution in [0.5, 0.6) is 0 Å². The largest absolute Gasteiger partial charge is 0.478 e. The lowest BCUT2D eigenvalue weighted by molar-refractivity contribution is -0.131. The normalized spacial score (nSPS) is 19.1. The molecule has 102 valence electrons. The van der Waals surface area contributed by atoms with Crippen molar-refractivity contribution in [3.05, 3.63) is 41.5 Å². The minimum Gasteiger partial charge on any atom is -0.478 e. The Balaban J connectivity index is 1.89. The zero-order valence-corrected chi connectivity index (χ0v) is 10.7. The summed E-state index contributed by atoms with van der Waals surface area (Å²) in [5, 5.41) is 8.65. The quantitative estimate of drug-likeness (QED) is 0.799. The molecular weight excluding hydrogens is 244 g/mol. The minimum atomic E-state index is -0.946. The summed E-state index contributed by atoms with van der Waals surface area (Å²) in [5.74, 6) is -0.458. The van der Waals surface area contributed by atoms with Gasteiger partial charge in [0.1, 0.15) is 0 Å². The average Bonchev–Trinajstić information content (AvgIpc) is 2.91. The summed E-state index contributed by atoms with van der Waals surface area (Å²) in [6.07, 6.45) is 3.80. The zero-order valence-electron chi connectivity index (χ0n) is 10.7. The highest BCUT2D eigenvalue weighted by atomic mass is 16.5. The molecule has 1 fully saturated rings. The molecule has 2 rings (SSSR count). The van der Waals surface area contributed by atoms with Crippen molar-refractivity contribution >= 4 is 12.0 Å². The van der Waals surface area contributed by atoms with Crippen LogP contribution in [0.1, 0.15) is 17.5 Å². The van der Waals surface area contributed by atoms with Crippen LogP contribution in [0.15, 0.2) is 30.3 Å². The van der Waals surface area contributed by atoms with E-state index < -0.39 is 5.97 Å².